The van der Waals surface area contributed by atoms with E-state index in [2.05, 4.69) is 39.4 Å². The monoisotopic (exact) mass is 305 g/mol. The SMILES string of the molecule is CCCNc1cncc(C(=O)NCc2ncc(CC)s2)n1. The minimum absolute atomic E-state index is 0.240. The van der Waals surface area contributed by atoms with Gasteiger partial charge in [-0.3, -0.25) is 9.78 Å². The molecule has 2 aromatic heterocycles. The summed E-state index contributed by atoms with van der Waals surface area (Å²) in [5.74, 6) is 0.378. The van der Waals surface area contributed by atoms with Crippen LogP contribution in [0.4, 0.5) is 5.82 Å². The summed E-state index contributed by atoms with van der Waals surface area (Å²) >= 11 is 1.61. The molecule has 0 saturated heterocycles. The number of carbonyl (C=O) groups excluding carboxylic acids is 1. The Bertz CT molecular complexity index is 599. The van der Waals surface area contributed by atoms with Crippen molar-refractivity contribution in [2.75, 3.05) is 11.9 Å². The zero-order chi connectivity index (χ0) is 15.1. The second kappa shape index (κ2) is 7.68. The lowest BCUT2D eigenvalue weighted by Gasteiger charge is -2.06. The maximum Gasteiger partial charge on any atom is 0.271 e. The average molecular weight is 305 g/mol. The average Bonchev–Trinajstić information content (AvgIpc) is 2.99. The quantitative estimate of drug-likeness (QED) is 0.820. The molecular formula is C14H19N5OS. The molecule has 0 aliphatic rings. The van der Waals surface area contributed by atoms with Crippen LogP contribution in [0.3, 0.4) is 0 Å². The summed E-state index contributed by atoms with van der Waals surface area (Å²) in [4.78, 5) is 25.8. The molecule has 0 fully saturated rings. The number of thiazole rings is 1. The van der Waals surface area contributed by atoms with Gasteiger partial charge in [-0.1, -0.05) is 13.8 Å². The molecule has 0 atom stereocenters. The smallest absolute Gasteiger partial charge is 0.271 e. The number of nitrogens with one attached hydrogen (secondary N) is 2. The van der Waals surface area contributed by atoms with Crippen molar-refractivity contribution in [2.45, 2.75) is 33.2 Å². The predicted octanol–water partition coefficient (Wildman–Crippen LogP) is 2.25. The number of amides is 1. The Balaban J connectivity index is 1.93. The first-order valence-corrected chi connectivity index (χ1v) is 7.82. The number of hydrogen-bond acceptors (Lipinski definition) is 6. The standard InChI is InChI=1S/C14H19N5OS/c1-3-5-16-12-8-15-7-11(19-12)14(20)18-9-13-17-6-10(4-2)21-13/h6-8H,3-5,9H2,1-2H3,(H,16,19)(H,18,20). The zero-order valence-electron chi connectivity index (χ0n) is 12.2. The van der Waals surface area contributed by atoms with Crippen LogP contribution in [0.25, 0.3) is 0 Å². The molecular weight excluding hydrogens is 286 g/mol. The molecule has 0 aromatic carbocycles. The predicted molar refractivity (Wildman–Crippen MR) is 83.5 cm³/mol. The van der Waals surface area contributed by atoms with E-state index in [0.29, 0.717) is 18.1 Å². The third kappa shape index (κ3) is 4.49. The molecule has 0 bridgehead atoms. The lowest BCUT2D eigenvalue weighted by molar-refractivity contribution is 0.0945. The Morgan fingerprint density at radius 2 is 2.14 bits per heavy atom. The highest BCUT2D eigenvalue weighted by atomic mass is 32.1. The lowest BCUT2D eigenvalue weighted by atomic mass is 10.4. The molecule has 0 spiro atoms. The number of carbonyl (C=O) groups is 1. The highest BCUT2D eigenvalue weighted by Crippen LogP contribution is 2.13. The topological polar surface area (TPSA) is 79.8 Å². The van der Waals surface area contributed by atoms with Crippen LogP contribution in [-0.2, 0) is 13.0 Å². The molecule has 0 aliphatic heterocycles. The number of hydrogen-bond donors (Lipinski definition) is 2. The van der Waals surface area contributed by atoms with Crippen molar-refractivity contribution in [3.63, 3.8) is 0 Å². The van der Waals surface area contributed by atoms with Gasteiger partial charge in [0.15, 0.2) is 0 Å². The van der Waals surface area contributed by atoms with Gasteiger partial charge in [-0.15, -0.1) is 11.3 Å². The van der Waals surface area contributed by atoms with E-state index in [4.69, 9.17) is 0 Å². The molecule has 1 amide bonds. The maximum absolute atomic E-state index is 12.1. The van der Waals surface area contributed by atoms with Gasteiger partial charge in [0.05, 0.1) is 18.9 Å². The van der Waals surface area contributed by atoms with E-state index in [1.165, 1.54) is 11.1 Å². The van der Waals surface area contributed by atoms with E-state index in [0.717, 1.165) is 24.4 Å². The van der Waals surface area contributed by atoms with E-state index >= 15 is 0 Å². The van der Waals surface area contributed by atoms with Crippen LogP contribution < -0.4 is 10.6 Å². The van der Waals surface area contributed by atoms with E-state index < -0.39 is 0 Å². The molecule has 2 heterocycles. The lowest BCUT2D eigenvalue weighted by Crippen LogP contribution is -2.24. The Hall–Kier alpha value is -2.02. The normalized spacial score (nSPS) is 10.4. The van der Waals surface area contributed by atoms with E-state index in [9.17, 15) is 4.79 Å². The fourth-order valence-electron chi connectivity index (χ4n) is 1.65. The molecule has 0 aliphatic carbocycles. The van der Waals surface area contributed by atoms with E-state index in [1.807, 2.05) is 6.20 Å². The Morgan fingerprint density at radius 1 is 1.29 bits per heavy atom. The largest absolute Gasteiger partial charge is 0.369 e. The van der Waals surface area contributed by atoms with Crippen LogP contribution in [0, 0.1) is 0 Å². The zero-order valence-corrected chi connectivity index (χ0v) is 13.0. The molecule has 2 rings (SSSR count). The van der Waals surface area contributed by atoms with Gasteiger partial charge in [0, 0.05) is 17.6 Å². The van der Waals surface area contributed by atoms with Gasteiger partial charge < -0.3 is 10.6 Å². The molecule has 2 N–H and O–H groups in total. The molecule has 0 radical (unpaired) electrons. The Kier molecular flexibility index (Phi) is 5.62. The highest BCUT2D eigenvalue weighted by molar-refractivity contribution is 7.11. The summed E-state index contributed by atoms with van der Waals surface area (Å²) in [7, 11) is 0. The van der Waals surface area contributed by atoms with Crippen LogP contribution in [0.15, 0.2) is 18.6 Å². The number of rotatable bonds is 7. The van der Waals surface area contributed by atoms with Crippen LogP contribution in [-0.4, -0.2) is 27.4 Å². The van der Waals surface area contributed by atoms with Crippen molar-refractivity contribution in [2.24, 2.45) is 0 Å². The van der Waals surface area contributed by atoms with Crippen molar-refractivity contribution in [3.05, 3.63) is 34.2 Å². The first-order chi connectivity index (χ1) is 10.2. The van der Waals surface area contributed by atoms with Gasteiger partial charge >= 0.3 is 0 Å². The molecule has 21 heavy (non-hydrogen) atoms. The van der Waals surface area contributed by atoms with Gasteiger partial charge in [-0.25, -0.2) is 9.97 Å². The minimum Gasteiger partial charge on any atom is -0.369 e. The van der Waals surface area contributed by atoms with Crippen LogP contribution >= 0.6 is 11.3 Å². The third-order valence-corrected chi connectivity index (χ3v) is 3.92. The van der Waals surface area contributed by atoms with Gasteiger partial charge in [-0.2, -0.15) is 0 Å². The Morgan fingerprint density at radius 3 is 2.86 bits per heavy atom. The number of aryl methyl sites for hydroxylation is 1. The second-order valence-electron chi connectivity index (χ2n) is 4.47. The fourth-order valence-corrected chi connectivity index (χ4v) is 2.46. The van der Waals surface area contributed by atoms with Gasteiger partial charge in [0.25, 0.3) is 5.91 Å². The molecule has 0 saturated carbocycles. The van der Waals surface area contributed by atoms with Gasteiger partial charge in [-0.05, 0) is 12.8 Å². The van der Waals surface area contributed by atoms with Crippen molar-refractivity contribution in [3.8, 4) is 0 Å². The van der Waals surface area contributed by atoms with Crippen molar-refractivity contribution < 1.29 is 4.79 Å². The summed E-state index contributed by atoms with van der Waals surface area (Å²) < 4.78 is 0. The van der Waals surface area contributed by atoms with Crippen LogP contribution in [0.5, 0.6) is 0 Å². The van der Waals surface area contributed by atoms with Gasteiger partial charge in [0.2, 0.25) is 0 Å². The molecule has 2 aromatic rings. The van der Waals surface area contributed by atoms with Crippen molar-refractivity contribution >= 4 is 23.1 Å². The van der Waals surface area contributed by atoms with Crippen LogP contribution in [0.1, 0.15) is 40.6 Å². The van der Waals surface area contributed by atoms with Crippen molar-refractivity contribution in [1.82, 2.24) is 20.3 Å². The third-order valence-electron chi connectivity index (χ3n) is 2.77. The minimum atomic E-state index is -0.240. The molecule has 7 heteroatoms. The molecule has 6 nitrogen and oxygen atoms in total. The van der Waals surface area contributed by atoms with E-state index in [-0.39, 0.29) is 5.91 Å². The maximum atomic E-state index is 12.1. The van der Waals surface area contributed by atoms with Crippen molar-refractivity contribution in [1.29, 1.82) is 0 Å². The molecule has 112 valence electrons. The Labute approximate surface area is 128 Å². The summed E-state index contributed by atoms with van der Waals surface area (Å²) in [6.45, 7) is 5.37. The fraction of sp³-hybridized carbons (Fsp3) is 0.429. The van der Waals surface area contributed by atoms with E-state index in [1.54, 1.807) is 17.5 Å². The number of anilines is 1. The first kappa shape index (κ1) is 15.4. The summed E-state index contributed by atoms with van der Waals surface area (Å²) in [6, 6.07) is 0. The second-order valence-corrected chi connectivity index (χ2v) is 5.67. The summed E-state index contributed by atoms with van der Waals surface area (Å²) in [5, 5.41) is 6.82. The number of aromatic nitrogens is 3. The highest BCUT2D eigenvalue weighted by Gasteiger charge is 2.09. The first-order valence-electron chi connectivity index (χ1n) is 7.00. The number of nitrogens with zero attached hydrogens (tertiary/aromatic N) is 3. The molecule has 0 unspecified atom stereocenters. The van der Waals surface area contributed by atoms with Crippen LogP contribution in [0.2, 0.25) is 0 Å². The summed E-state index contributed by atoms with van der Waals surface area (Å²) in [5.41, 5.74) is 0.309. The summed E-state index contributed by atoms with van der Waals surface area (Å²) in [6.07, 6.45) is 6.87. The van der Waals surface area contributed by atoms with Gasteiger partial charge in [0.1, 0.15) is 16.5 Å².